The van der Waals surface area contributed by atoms with Crippen molar-refractivity contribution < 1.29 is 43.9 Å². The monoisotopic (exact) mass is 805 g/mol. The van der Waals surface area contributed by atoms with E-state index in [1.54, 1.807) is 48.5 Å². The lowest BCUT2D eigenvalue weighted by Gasteiger charge is -2.44. The lowest BCUT2D eigenvalue weighted by molar-refractivity contribution is -0.0719. The largest absolute Gasteiger partial charge is 0.486 e. The molecule has 0 saturated carbocycles. The van der Waals surface area contributed by atoms with E-state index in [0.29, 0.717) is 5.56 Å². The number of halogens is 2. The van der Waals surface area contributed by atoms with Crippen molar-refractivity contribution in [2.45, 2.75) is 62.2 Å². The summed E-state index contributed by atoms with van der Waals surface area (Å²) in [6.45, 7) is -1.92. The molecule has 0 bridgehead atoms. The molecule has 4 aromatic rings. The number of carbonyl (C=O) groups excluding carboxylic acids is 3. The van der Waals surface area contributed by atoms with E-state index in [0.717, 1.165) is 5.56 Å². The molecule has 4 N–H and O–H groups in total. The number of carbonyl (C=O) groups is 3. The molecule has 0 aliphatic carbocycles. The van der Waals surface area contributed by atoms with Crippen LogP contribution in [0.15, 0.2) is 108 Å². The standard InChI is InChI=1S/C40H41Cl2N5O9/c41-32-18-29(19-33(42)35(32)54-23-26-10-4-1-5-11-26)37(51)44-30(21-48)20-31-16-17-40(36(50)34(22-49)45-46-43,25-56-38(52)28-14-8-3-9-15-28)47(31)39(53)55-24-27-12-6-2-7-13-27/h1-15,18-19,30-31,34,36,48-50H,16-17,20-25H2,(H,44,51)/t30-,31+,34-,36-,40-/m0/s1. The van der Waals surface area contributed by atoms with Crippen LogP contribution in [0.3, 0.4) is 0 Å². The van der Waals surface area contributed by atoms with Gasteiger partial charge in [-0.2, -0.15) is 0 Å². The SMILES string of the molecule is [N-]=[N+]=N[C@@H](CO)[C@H](O)[C@@]1(COC(=O)c2ccccc2)CC[C@H](C[C@@H](CO)NC(=O)c2cc(Cl)c(OCc3ccccc3)c(Cl)c2)N1C(=O)OCc1ccccc1. The van der Waals surface area contributed by atoms with Crippen LogP contribution in [0.5, 0.6) is 5.75 Å². The van der Waals surface area contributed by atoms with Crippen molar-refractivity contribution in [3.63, 3.8) is 0 Å². The zero-order chi connectivity index (χ0) is 40.1. The number of rotatable bonds is 17. The minimum absolute atomic E-state index is 0.0134. The second kappa shape index (κ2) is 20.0. The van der Waals surface area contributed by atoms with Gasteiger partial charge in [0.15, 0.2) is 5.75 Å². The lowest BCUT2D eigenvalue weighted by atomic mass is 9.86. The number of amides is 2. The molecule has 0 unspecified atom stereocenters. The topological polar surface area (TPSA) is 204 Å². The number of ether oxygens (including phenoxy) is 3. The minimum atomic E-state index is -1.79. The number of aliphatic hydroxyl groups is 3. The van der Waals surface area contributed by atoms with Crippen LogP contribution in [-0.2, 0) is 22.7 Å². The van der Waals surface area contributed by atoms with E-state index >= 15 is 0 Å². The van der Waals surface area contributed by atoms with E-state index in [2.05, 4.69) is 15.3 Å². The lowest BCUT2D eigenvalue weighted by Crippen LogP contribution is -2.64. The normalized spacial score (nSPS) is 17.9. The summed E-state index contributed by atoms with van der Waals surface area (Å²) in [5, 5.41) is 39.0. The van der Waals surface area contributed by atoms with Crippen LogP contribution in [0.1, 0.15) is 51.1 Å². The van der Waals surface area contributed by atoms with Gasteiger partial charge in [0.05, 0.1) is 47.0 Å². The summed E-state index contributed by atoms with van der Waals surface area (Å²) in [5.74, 6) is -1.20. The molecule has 5 rings (SSSR count). The maximum Gasteiger partial charge on any atom is 0.411 e. The van der Waals surface area contributed by atoms with Crippen LogP contribution in [0.2, 0.25) is 10.0 Å². The molecule has 294 valence electrons. The third-order valence-electron chi connectivity index (χ3n) is 9.52. The van der Waals surface area contributed by atoms with Gasteiger partial charge in [-0.15, -0.1) is 0 Å². The van der Waals surface area contributed by atoms with Gasteiger partial charge in [-0.05, 0) is 60.2 Å². The van der Waals surface area contributed by atoms with Gasteiger partial charge in [-0.1, -0.05) is 107 Å². The van der Waals surface area contributed by atoms with Crippen molar-refractivity contribution in [2.24, 2.45) is 5.11 Å². The first-order valence-corrected chi connectivity index (χ1v) is 18.5. The van der Waals surface area contributed by atoms with E-state index in [9.17, 15) is 35.2 Å². The highest BCUT2D eigenvalue weighted by atomic mass is 35.5. The Bertz CT molecular complexity index is 1970. The Hall–Kier alpha value is -5.34. The molecule has 1 heterocycles. The summed E-state index contributed by atoms with van der Waals surface area (Å²) in [5.41, 5.74) is 9.30. The van der Waals surface area contributed by atoms with Gasteiger partial charge >= 0.3 is 12.1 Å². The second-order valence-electron chi connectivity index (χ2n) is 13.2. The molecule has 0 aromatic heterocycles. The molecular formula is C40H41Cl2N5O9. The van der Waals surface area contributed by atoms with Crippen LogP contribution in [0.4, 0.5) is 4.79 Å². The predicted octanol–water partition coefficient (Wildman–Crippen LogP) is 6.48. The summed E-state index contributed by atoms with van der Waals surface area (Å²) in [6, 6.07) is 25.8. The Labute approximate surface area is 333 Å². The molecule has 5 atom stereocenters. The van der Waals surface area contributed by atoms with Crippen molar-refractivity contribution in [3.8, 4) is 5.75 Å². The molecule has 4 aromatic carbocycles. The Balaban J connectivity index is 1.41. The number of nitrogens with zero attached hydrogens (tertiary/aromatic N) is 4. The zero-order valence-corrected chi connectivity index (χ0v) is 31.6. The molecule has 1 aliphatic rings. The summed E-state index contributed by atoms with van der Waals surface area (Å²) < 4.78 is 17.3. The molecule has 0 spiro atoms. The first-order chi connectivity index (χ1) is 27.1. The van der Waals surface area contributed by atoms with Gasteiger partial charge in [0, 0.05) is 16.5 Å². The van der Waals surface area contributed by atoms with Gasteiger partial charge in [0.2, 0.25) is 0 Å². The number of benzene rings is 4. The van der Waals surface area contributed by atoms with E-state index in [1.807, 2.05) is 30.3 Å². The first-order valence-electron chi connectivity index (χ1n) is 17.7. The highest BCUT2D eigenvalue weighted by Gasteiger charge is 2.57. The van der Waals surface area contributed by atoms with Crippen molar-refractivity contribution in [2.75, 3.05) is 19.8 Å². The maximum absolute atomic E-state index is 14.2. The van der Waals surface area contributed by atoms with Gasteiger partial charge in [-0.3, -0.25) is 9.69 Å². The van der Waals surface area contributed by atoms with Crippen molar-refractivity contribution in [3.05, 3.63) is 146 Å². The van der Waals surface area contributed by atoms with Gasteiger partial charge < -0.3 is 34.8 Å². The molecule has 2 amide bonds. The number of hydrogen-bond acceptors (Lipinski definition) is 10. The van der Waals surface area contributed by atoms with E-state index < -0.39 is 67.6 Å². The Morgan fingerprint density at radius 2 is 1.46 bits per heavy atom. The summed E-state index contributed by atoms with van der Waals surface area (Å²) in [6.07, 6.45) is -2.59. The number of esters is 1. The Morgan fingerprint density at radius 1 is 0.875 bits per heavy atom. The maximum atomic E-state index is 14.2. The van der Waals surface area contributed by atoms with Crippen LogP contribution in [-0.4, -0.2) is 87.8 Å². The molecule has 56 heavy (non-hydrogen) atoms. The third-order valence-corrected chi connectivity index (χ3v) is 10.1. The average molecular weight is 807 g/mol. The smallest absolute Gasteiger partial charge is 0.411 e. The fourth-order valence-corrected chi connectivity index (χ4v) is 7.29. The van der Waals surface area contributed by atoms with Crippen molar-refractivity contribution in [1.29, 1.82) is 0 Å². The predicted molar refractivity (Wildman–Crippen MR) is 207 cm³/mol. The minimum Gasteiger partial charge on any atom is -0.486 e. The third kappa shape index (κ3) is 10.3. The number of hydrogen-bond donors (Lipinski definition) is 4. The van der Waals surface area contributed by atoms with Crippen LogP contribution < -0.4 is 10.1 Å². The molecule has 16 heteroatoms. The number of aliphatic hydroxyl groups excluding tert-OH is 3. The Morgan fingerprint density at radius 3 is 2.04 bits per heavy atom. The fourth-order valence-electron chi connectivity index (χ4n) is 6.70. The summed E-state index contributed by atoms with van der Waals surface area (Å²) >= 11 is 13.0. The second-order valence-corrected chi connectivity index (χ2v) is 14.0. The number of azide groups is 1. The van der Waals surface area contributed by atoms with Gasteiger partial charge in [-0.25, -0.2) is 9.59 Å². The quantitative estimate of drug-likeness (QED) is 0.0398. The van der Waals surface area contributed by atoms with Crippen LogP contribution >= 0.6 is 23.2 Å². The highest BCUT2D eigenvalue weighted by Crippen LogP contribution is 2.42. The summed E-state index contributed by atoms with van der Waals surface area (Å²) in [4.78, 5) is 44.9. The highest BCUT2D eigenvalue weighted by molar-refractivity contribution is 6.37. The average Bonchev–Trinajstić information content (AvgIpc) is 3.59. The summed E-state index contributed by atoms with van der Waals surface area (Å²) in [7, 11) is 0. The van der Waals surface area contributed by atoms with Gasteiger partial charge in [0.25, 0.3) is 5.91 Å². The van der Waals surface area contributed by atoms with E-state index in [4.69, 9.17) is 37.4 Å². The van der Waals surface area contributed by atoms with Crippen molar-refractivity contribution >= 4 is 41.2 Å². The number of nitrogens with one attached hydrogen (secondary N) is 1. The first kappa shape index (κ1) is 41.8. The van der Waals surface area contributed by atoms with E-state index in [-0.39, 0.29) is 59.4 Å². The molecule has 1 saturated heterocycles. The molecule has 1 aliphatic heterocycles. The number of likely N-dealkylation sites (tertiary alicyclic amines) is 1. The van der Waals surface area contributed by atoms with Crippen LogP contribution in [0, 0.1) is 0 Å². The molecule has 14 nitrogen and oxygen atoms in total. The Kier molecular flexibility index (Phi) is 14.9. The van der Waals surface area contributed by atoms with Crippen LogP contribution in [0.25, 0.3) is 10.4 Å². The van der Waals surface area contributed by atoms with E-state index in [1.165, 1.54) is 29.2 Å². The van der Waals surface area contributed by atoms with Gasteiger partial charge in [0.1, 0.15) is 25.4 Å². The molecular weight excluding hydrogens is 765 g/mol. The molecule has 1 fully saturated rings. The zero-order valence-electron chi connectivity index (χ0n) is 30.1. The van der Waals surface area contributed by atoms with Crippen molar-refractivity contribution in [1.82, 2.24) is 10.2 Å². The fraction of sp³-hybridized carbons (Fsp3) is 0.325. The molecule has 0 radical (unpaired) electrons.